The van der Waals surface area contributed by atoms with Crippen molar-refractivity contribution in [3.05, 3.63) is 10.6 Å². The van der Waals surface area contributed by atoms with Crippen molar-refractivity contribution in [2.75, 3.05) is 25.5 Å². The first-order valence-electron chi connectivity index (χ1n) is 6.82. The Bertz CT molecular complexity index is 446. The third-order valence-corrected chi connectivity index (χ3v) is 4.58. The van der Waals surface area contributed by atoms with E-state index >= 15 is 0 Å². The Balaban J connectivity index is 2.02. The summed E-state index contributed by atoms with van der Waals surface area (Å²) in [5.41, 5.74) is 6.45. The van der Waals surface area contributed by atoms with Gasteiger partial charge in [0.1, 0.15) is 0 Å². The van der Waals surface area contributed by atoms with Gasteiger partial charge in [-0.3, -0.25) is 4.79 Å². The van der Waals surface area contributed by atoms with E-state index in [1.54, 1.807) is 11.3 Å². The SMILES string of the molecule is CCCN(C)[C@H]1CCc2nc(NC(=O)CN)sc2C1. The summed E-state index contributed by atoms with van der Waals surface area (Å²) in [5, 5.41) is 3.44. The van der Waals surface area contributed by atoms with Gasteiger partial charge in [-0.2, -0.15) is 0 Å². The van der Waals surface area contributed by atoms with E-state index in [9.17, 15) is 4.79 Å². The molecule has 0 bridgehead atoms. The fourth-order valence-corrected chi connectivity index (χ4v) is 3.59. The normalized spacial score (nSPS) is 18.4. The fraction of sp³-hybridized carbons (Fsp3) is 0.692. The zero-order chi connectivity index (χ0) is 13.8. The Morgan fingerprint density at radius 1 is 1.63 bits per heavy atom. The second kappa shape index (κ2) is 6.45. The molecule has 0 unspecified atom stereocenters. The van der Waals surface area contributed by atoms with Crippen molar-refractivity contribution in [2.45, 2.75) is 38.6 Å². The number of nitrogens with two attached hydrogens (primary N) is 1. The molecule has 0 saturated heterocycles. The van der Waals surface area contributed by atoms with Gasteiger partial charge in [-0.25, -0.2) is 4.98 Å². The van der Waals surface area contributed by atoms with Crippen LogP contribution in [0.4, 0.5) is 5.13 Å². The molecule has 1 aromatic heterocycles. The number of thiazole rings is 1. The van der Waals surface area contributed by atoms with E-state index in [1.165, 1.54) is 11.3 Å². The van der Waals surface area contributed by atoms with Crippen LogP contribution in [-0.4, -0.2) is 42.0 Å². The van der Waals surface area contributed by atoms with Gasteiger partial charge in [0.2, 0.25) is 5.91 Å². The summed E-state index contributed by atoms with van der Waals surface area (Å²) in [6.07, 6.45) is 4.38. The molecule has 2 rings (SSSR count). The molecule has 0 radical (unpaired) electrons. The van der Waals surface area contributed by atoms with E-state index in [-0.39, 0.29) is 12.5 Å². The molecule has 6 heteroatoms. The van der Waals surface area contributed by atoms with Gasteiger partial charge in [-0.1, -0.05) is 6.92 Å². The lowest BCUT2D eigenvalue weighted by atomic mass is 9.96. The van der Waals surface area contributed by atoms with Crippen molar-refractivity contribution in [1.82, 2.24) is 9.88 Å². The van der Waals surface area contributed by atoms with Crippen LogP contribution < -0.4 is 11.1 Å². The topological polar surface area (TPSA) is 71.2 Å². The van der Waals surface area contributed by atoms with Crippen LogP contribution in [0.2, 0.25) is 0 Å². The van der Waals surface area contributed by atoms with Gasteiger partial charge in [0, 0.05) is 10.9 Å². The van der Waals surface area contributed by atoms with Gasteiger partial charge in [-0.15, -0.1) is 11.3 Å². The number of likely N-dealkylation sites (N-methyl/N-ethyl adjacent to an activating group) is 1. The average molecular weight is 282 g/mol. The minimum absolute atomic E-state index is 0.00606. The van der Waals surface area contributed by atoms with Crippen molar-refractivity contribution in [1.29, 1.82) is 0 Å². The number of anilines is 1. The van der Waals surface area contributed by atoms with Gasteiger partial charge in [0.25, 0.3) is 0 Å². The first kappa shape index (κ1) is 14.4. The number of nitrogens with one attached hydrogen (secondary N) is 1. The number of hydrogen-bond acceptors (Lipinski definition) is 5. The maximum absolute atomic E-state index is 11.3. The third kappa shape index (κ3) is 3.52. The first-order valence-corrected chi connectivity index (χ1v) is 7.64. The number of nitrogens with zero attached hydrogens (tertiary/aromatic N) is 2. The maximum atomic E-state index is 11.3. The summed E-state index contributed by atoms with van der Waals surface area (Å²) in [5.74, 6) is -0.175. The number of hydrogen-bond donors (Lipinski definition) is 2. The van der Waals surface area contributed by atoms with Crippen LogP contribution >= 0.6 is 11.3 Å². The molecule has 1 amide bonds. The Kier molecular flexibility index (Phi) is 4.90. The molecule has 1 aliphatic rings. The molecule has 3 N–H and O–H groups in total. The van der Waals surface area contributed by atoms with Crippen LogP contribution in [0.15, 0.2) is 0 Å². The highest BCUT2D eigenvalue weighted by Crippen LogP contribution is 2.31. The molecule has 5 nitrogen and oxygen atoms in total. The minimum atomic E-state index is -0.175. The zero-order valence-electron chi connectivity index (χ0n) is 11.6. The summed E-state index contributed by atoms with van der Waals surface area (Å²) >= 11 is 1.59. The van der Waals surface area contributed by atoms with Crippen LogP contribution in [0.3, 0.4) is 0 Å². The highest BCUT2D eigenvalue weighted by molar-refractivity contribution is 7.15. The van der Waals surface area contributed by atoms with E-state index in [0.29, 0.717) is 11.2 Å². The largest absolute Gasteiger partial charge is 0.322 e. The molecule has 0 aromatic carbocycles. The Labute approximate surface area is 118 Å². The summed E-state index contributed by atoms with van der Waals surface area (Å²) < 4.78 is 0. The number of amides is 1. The van der Waals surface area contributed by atoms with Crippen LogP contribution in [-0.2, 0) is 17.6 Å². The van der Waals surface area contributed by atoms with Crippen molar-refractivity contribution >= 4 is 22.4 Å². The quantitative estimate of drug-likeness (QED) is 0.852. The van der Waals surface area contributed by atoms with E-state index < -0.39 is 0 Å². The Hall–Kier alpha value is -0.980. The number of aryl methyl sites for hydroxylation is 1. The molecule has 0 fully saturated rings. The van der Waals surface area contributed by atoms with Crippen molar-refractivity contribution in [3.63, 3.8) is 0 Å². The Morgan fingerprint density at radius 2 is 2.42 bits per heavy atom. The van der Waals surface area contributed by atoms with Crippen LogP contribution in [0, 0.1) is 0 Å². The highest BCUT2D eigenvalue weighted by atomic mass is 32.1. The molecular formula is C13H22N4OS. The van der Waals surface area contributed by atoms with Crippen LogP contribution in [0.25, 0.3) is 0 Å². The maximum Gasteiger partial charge on any atom is 0.239 e. The van der Waals surface area contributed by atoms with Gasteiger partial charge in [0.05, 0.1) is 12.2 Å². The van der Waals surface area contributed by atoms with Gasteiger partial charge < -0.3 is 16.0 Å². The molecule has 0 spiro atoms. The summed E-state index contributed by atoms with van der Waals surface area (Å²) in [4.78, 5) is 19.5. The van der Waals surface area contributed by atoms with Gasteiger partial charge in [-0.05, 0) is 39.3 Å². The van der Waals surface area contributed by atoms with E-state index in [2.05, 4.69) is 29.2 Å². The summed E-state index contributed by atoms with van der Waals surface area (Å²) in [6.45, 7) is 3.35. The predicted molar refractivity (Wildman–Crippen MR) is 78.5 cm³/mol. The molecule has 19 heavy (non-hydrogen) atoms. The van der Waals surface area contributed by atoms with Crippen molar-refractivity contribution in [3.8, 4) is 0 Å². The average Bonchev–Trinajstić information content (AvgIpc) is 2.79. The molecule has 1 heterocycles. The zero-order valence-corrected chi connectivity index (χ0v) is 12.4. The van der Waals surface area contributed by atoms with Crippen LogP contribution in [0.5, 0.6) is 0 Å². The molecule has 1 aliphatic carbocycles. The van der Waals surface area contributed by atoms with E-state index in [0.717, 1.165) is 31.5 Å². The van der Waals surface area contributed by atoms with E-state index in [4.69, 9.17) is 5.73 Å². The fourth-order valence-electron chi connectivity index (χ4n) is 2.49. The van der Waals surface area contributed by atoms with Gasteiger partial charge in [0.15, 0.2) is 5.13 Å². The highest BCUT2D eigenvalue weighted by Gasteiger charge is 2.25. The van der Waals surface area contributed by atoms with E-state index in [1.807, 2.05) is 0 Å². The second-order valence-corrected chi connectivity index (χ2v) is 6.10. The lowest BCUT2D eigenvalue weighted by Crippen LogP contribution is -2.36. The molecule has 106 valence electrons. The standard InChI is InChI=1S/C13H22N4OS/c1-3-6-17(2)9-4-5-10-11(7-9)19-13(15-10)16-12(18)8-14/h9H,3-8,14H2,1-2H3,(H,15,16,18)/t9-/m0/s1. The Morgan fingerprint density at radius 3 is 3.11 bits per heavy atom. The summed E-state index contributed by atoms with van der Waals surface area (Å²) in [7, 11) is 2.19. The molecule has 0 aliphatic heterocycles. The molecule has 1 aromatic rings. The van der Waals surface area contributed by atoms with Crippen molar-refractivity contribution in [2.24, 2.45) is 5.73 Å². The molecule has 0 saturated carbocycles. The number of carbonyl (C=O) groups is 1. The first-order chi connectivity index (χ1) is 9.13. The second-order valence-electron chi connectivity index (χ2n) is 5.02. The van der Waals surface area contributed by atoms with Crippen LogP contribution in [0.1, 0.15) is 30.3 Å². The lowest BCUT2D eigenvalue weighted by Gasteiger charge is -2.30. The summed E-state index contributed by atoms with van der Waals surface area (Å²) in [6, 6.07) is 0.603. The smallest absolute Gasteiger partial charge is 0.239 e. The number of carbonyl (C=O) groups excluding carboxylic acids is 1. The third-order valence-electron chi connectivity index (χ3n) is 3.55. The number of fused-ring (bicyclic) bond motifs is 1. The van der Waals surface area contributed by atoms with Gasteiger partial charge >= 0.3 is 0 Å². The minimum Gasteiger partial charge on any atom is -0.322 e. The monoisotopic (exact) mass is 282 g/mol. The predicted octanol–water partition coefficient (Wildman–Crippen LogP) is 1.24. The lowest BCUT2D eigenvalue weighted by molar-refractivity contribution is -0.114. The molecule has 1 atom stereocenters. The van der Waals surface area contributed by atoms with Crippen molar-refractivity contribution < 1.29 is 4.79 Å². The number of rotatable bonds is 5. The number of aromatic nitrogens is 1. The molecular weight excluding hydrogens is 260 g/mol.